The zero-order valence-corrected chi connectivity index (χ0v) is 16.9. The fraction of sp³-hybridized carbons (Fsp3) is 0.0385. The van der Waals surface area contributed by atoms with Crippen LogP contribution in [0, 0.1) is 0 Å². The van der Waals surface area contributed by atoms with Gasteiger partial charge in [0.25, 0.3) is 11.8 Å². The number of benzene rings is 3. The molecule has 0 aliphatic carbocycles. The minimum atomic E-state index is -1.01. The van der Waals surface area contributed by atoms with Gasteiger partial charge in [-0.3, -0.25) is 9.59 Å². The Hall–Kier alpha value is -4.45. The highest BCUT2D eigenvalue weighted by Crippen LogP contribution is 2.43. The number of carbonyl (C=O) groups excluding carboxylic acids is 2. The van der Waals surface area contributed by atoms with Gasteiger partial charge in [0.1, 0.15) is 0 Å². The molecule has 0 saturated carbocycles. The SMILES string of the molecule is O=C1NC(c2ccccc2)=C2C(=O)N(Cc3ccc(C(=O)O)cc3)C(c3ccccc3)=C12. The van der Waals surface area contributed by atoms with Crippen LogP contribution in [0.4, 0.5) is 0 Å². The number of nitrogens with zero attached hydrogens (tertiary/aromatic N) is 1. The highest BCUT2D eigenvalue weighted by atomic mass is 16.4. The molecule has 0 saturated heterocycles. The van der Waals surface area contributed by atoms with E-state index in [1.807, 2.05) is 60.7 Å². The largest absolute Gasteiger partial charge is 0.478 e. The molecule has 156 valence electrons. The van der Waals surface area contributed by atoms with E-state index < -0.39 is 5.97 Å². The maximum absolute atomic E-state index is 13.6. The van der Waals surface area contributed by atoms with Crippen LogP contribution < -0.4 is 5.32 Å². The van der Waals surface area contributed by atoms with Crippen molar-refractivity contribution in [3.63, 3.8) is 0 Å². The predicted octanol–water partition coefficient (Wildman–Crippen LogP) is 3.68. The monoisotopic (exact) mass is 422 g/mol. The van der Waals surface area contributed by atoms with Gasteiger partial charge in [-0.15, -0.1) is 0 Å². The van der Waals surface area contributed by atoms with E-state index >= 15 is 0 Å². The number of carboxylic acid groups (broad SMARTS) is 1. The Labute approximate surface area is 184 Å². The number of carboxylic acids is 1. The minimum absolute atomic E-state index is 0.174. The van der Waals surface area contributed by atoms with Gasteiger partial charge in [-0.05, 0) is 28.8 Å². The normalized spacial score (nSPS) is 15.3. The van der Waals surface area contributed by atoms with E-state index in [1.165, 1.54) is 12.1 Å². The number of carbonyl (C=O) groups is 3. The van der Waals surface area contributed by atoms with E-state index in [0.717, 1.165) is 16.7 Å². The van der Waals surface area contributed by atoms with Gasteiger partial charge in [-0.2, -0.15) is 0 Å². The Morgan fingerprint density at radius 3 is 1.97 bits per heavy atom. The van der Waals surface area contributed by atoms with Crippen molar-refractivity contribution in [2.24, 2.45) is 0 Å². The summed E-state index contributed by atoms with van der Waals surface area (Å²) < 4.78 is 0. The smallest absolute Gasteiger partial charge is 0.335 e. The van der Waals surface area contributed by atoms with Crippen LogP contribution in [0.3, 0.4) is 0 Å². The predicted molar refractivity (Wildman–Crippen MR) is 119 cm³/mol. The average Bonchev–Trinajstić information content (AvgIpc) is 3.30. The standard InChI is InChI=1S/C26H18N2O4/c29-24-21-20(22(27-24)17-7-3-1-4-8-17)25(30)28(23(21)18-9-5-2-6-10-18)15-16-11-13-19(14-12-16)26(31)32/h1-14H,15H2,(H,27,29)(H,31,32). The molecule has 0 fully saturated rings. The molecule has 6 nitrogen and oxygen atoms in total. The van der Waals surface area contributed by atoms with Gasteiger partial charge in [-0.1, -0.05) is 72.8 Å². The van der Waals surface area contributed by atoms with Gasteiger partial charge in [0.05, 0.1) is 34.6 Å². The molecule has 2 aliphatic heterocycles. The molecule has 32 heavy (non-hydrogen) atoms. The van der Waals surface area contributed by atoms with Crippen LogP contribution in [-0.4, -0.2) is 27.8 Å². The van der Waals surface area contributed by atoms with Crippen LogP contribution in [0.15, 0.2) is 96.1 Å². The first kappa shape index (κ1) is 19.5. The third-order valence-corrected chi connectivity index (χ3v) is 5.58. The van der Waals surface area contributed by atoms with Crippen molar-refractivity contribution in [1.82, 2.24) is 10.2 Å². The van der Waals surface area contributed by atoms with Crippen LogP contribution in [0.1, 0.15) is 27.0 Å². The fourth-order valence-corrected chi connectivity index (χ4v) is 4.09. The molecule has 3 aromatic carbocycles. The molecule has 0 bridgehead atoms. The lowest BCUT2D eigenvalue weighted by molar-refractivity contribution is -0.123. The molecular formula is C26H18N2O4. The first-order chi connectivity index (χ1) is 15.5. The van der Waals surface area contributed by atoms with Gasteiger partial charge in [0.15, 0.2) is 0 Å². The summed E-state index contributed by atoms with van der Waals surface area (Å²) >= 11 is 0. The number of amides is 2. The summed E-state index contributed by atoms with van der Waals surface area (Å²) in [5.74, 6) is -1.59. The number of hydrogen-bond donors (Lipinski definition) is 2. The number of fused-ring (bicyclic) bond motifs is 1. The summed E-state index contributed by atoms with van der Waals surface area (Å²) in [7, 11) is 0. The molecule has 0 unspecified atom stereocenters. The maximum atomic E-state index is 13.6. The van der Waals surface area contributed by atoms with Crippen LogP contribution >= 0.6 is 0 Å². The first-order valence-corrected chi connectivity index (χ1v) is 10.1. The van der Waals surface area contributed by atoms with Crippen LogP contribution in [0.2, 0.25) is 0 Å². The third kappa shape index (κ3) is 3.18. The fourth-order valence-electron chi connectivity index (χ4n) is 4.09. The van der Waals surface area contributed by atoms with Gasteiger partial charge in [-0.25, -0.2) is 4.79 Å². The average molecular weight is 422 g/mol. The molecular weight excluding hydrogens is 404 g/mol. The maximum Gasteiger partial charge on any atom is 0.335 e. The van der Waals surface area contributed by atoms with Crippen molar-refractivity contribution in [2.45, 2.75) is 6.54 Å². The lowest BCUT2D eigenvalue weighted by atomic mass is 10.0. The molecule has 2 N–H and O–H groups in total. The van der Waals surface area contributed by atoms with Gasteiger partial charge < -0.3 is 15.3 Å². The highest BCUT2D eigenvalue weighted by Gasteiger charge is 2.45. The summed E-state index contributed by atoms with van der Waals surface area (Å²) in [6.07, 6.45) is 0. The molecule has 0 atom stereocenters. The Morgan fingerprint density at radius 2 is 1.38 bits per heavy atom. The second kappa shape index (κ2) is 7.67. The molecule has 5 rings (SSSR count). The molecule has 0 aromatic heterocycles. The van der Waals surface area contributed by atoms with Crippen LogP contribution in [-0.2, 0) is 16.1 Å². The summed E-state index contributed by atoms with van der Waals surface area (Å²) in [6, 6.07) is 25.0. The highest BCUT2D eigenvalue weighted by molar-refractivity contribution is 6.30. The number of hydrogen-bond acceptors (Lipinski definition) is 3. The van der Waals surface area contributed by atoms with Crippen molar-refractivity contribution in [3.05, 3.63) is 118 Å². The zero-order chi connectivity index (χ0) is 22.2. The van der Waals surface area contributed by atoms with E-state index in [9.17, 15) is 14.4 Å². The summed E-state index contributed by atoms with van der Waals surface area (Å²) in [5.41, 5.74) is 4.25. The zero-order valence-electron chi connectivity index (χ0n) is 16.9. The topological polar surface area (TPSA) is 86.7 Å². The van der Waals surface area contributed by atoms with E-state index in [2.05, 4.69) is 5.32 Å². The Morgan fingerprint density at radius 1 is 0.781 bits per heavy atom. The molecule has 0 spiro atoms. The summed E-state index contributed by atoms with van der Waals surface area (Å²) in [4.78, 5) is 39.4. The molecule has 2 amide bonds. The number of rotatable bonds is 5. The van der Waals surface area contributed by atoms with Crippen molar-refractivity contribution < 1.29 is 19.5 Å². The first-order valence-electron chi connectivity index (χ1n) is 10.1. The Kier molecular flexibility index (Phi) is 4.67. The van der Waals surface area contributed by atoms with Gasteiger partial charge in [0, 0.05) is 0 Å². The lowest BCUT2D eigenvalue weighted by Crippen LogP contribution is -2.27. The quantitative estimate of drug-likeness (QED) is 0.657. The van der Waals surface area contributed by atoms with E-state index in [4.69, 9.17) is 5.11 Å². The van der Waals surface area contributed by atoms with E-state index in [-0.39, 0.29) is 23.9 Å². The summed E-state index contributed by atoms with van der Waals surface area (Å²) in [5, 5.41) is 12.0. The number of nitrogens with one attached hydrogen (secondary N) is 1. The van der Waals surface area contributed by atoms with Crippen LogP contribution in [0.5, 0.6) is 0 Å². The van der Waals surface area contributed by atoms with Gasteiger partial charge in [0.2, 0.25) is 0 Å². The van der Waals surface area contributed by atoms with Crippen molar-refractivity contribution >= 4 is 29.2 Å². The van der Waals surface area contributed by atoms with Crippen LogP contribution in [0.25, 0.3) is 11.4 Å². The molecule has 6 heteroatoms. The van der Waals surface area contributed by atoms with Gasteiger partial charge >= 0.3 is 5.97 Å². The summed E-state index contributed by atoms with van der Waals surface area (Å²) in [6.45, 7) is 0.214. The van der Waals surface area contributed by atoms with Crippen molar-refractivity contribution in [3.8, 4) is 0 Å². The third-order valence-electron chi connectivity index (χ3n) is 5.58. The second-order valence-electron chi connectivity index (χ2n) is 7.55. The van der Waals surface area contributed by atoms with E-state index in [1.54, 1.807) is 17.0 Å². The molecule has 2 heterocycles. The molecule has 3 aromatic rings. The van der Waals surface area contributed by atoms with Crippen molar-refractivity contribution in [2.75, 3.05) is 0 Å². The minimum Gasteiger partial charge on any atom is -0.478 e. The molecule has 0 radical (unpaired) electrons. The van der Waals surface area contributed by atoms with Crippen molar-refractivity contribution in [1.29, 1.82) is 0 Å². The lowest BCUT2D eigenvalue weighted by Gasteiger charge is -2.22. The second-order valence-corrected chi connectivity index (χ2v) is 7.55. The number of aromatic carboxylic acids is 1. The van der Waals surface area contributed by atoms with E-state index in [0.29, 0.717) is 22.5 Å². The molecule has 2 aliphatic rings. The Bertz CT molecular complexity index is 1310. The Balaban J connectivity index is 1.64.